The summed E-state index contributed by atoms with van der Waals surface area (Å²) in [6.07, 6.45) is 2.33. The summed E-state index contributed by atoms with van der Waals surface area (Å²) in [6, 6.07) is 8.08. The molecule has 0 aromatic heterocycles. The second-order valence-electron chi connectivity index (χ2n) is 3.55. The molecule has 0 atom stereocenters. The molecule has 0 N–H and O–H groups in total. The fourth-order valence-electron chi connectivity index (χ4n) is 1.39. The zero-order valence-corrected chi connectivity index (χ0v) is 10.5. The van der Waals surface area contributed by atoms with Gasteiger partial charge in [-0.2, -0.15) is 0 Å². The van der Waals surface area contributed by atoms with Crippen LogP contribution >= 0.6 is 12.6 Å². The topological polar surface area (TPSA) is 24.7 Å². The minimum Gasteiger partial charge on any atom is -0.243 e. The Morgan fingerprint density at radius 1 is 1.31 bits per heavy atom. The summed E-state index contributed by atoms with van der Waals surface area (Å²) < 4.78 is 0. The van der Waals surface area contributed by atoms with Gasteiger partial charge in [0.05, 0.1) is 0 Å². The van der Waals surface area contributed by atoms with E-state index in [1.54, 1.807) is 0 Å². The van der Waals surface area contributed by atoms with Crippen LogP contribution in [0.3, 0.4) is 0 Å². The molecular weight excluding hydrogens is 216 g/mol. The third kappa shape index (κ3) is 4.45. The van der Waals surface area contributed by atoms with Crippen LogP contribution in [0.2, 0.25) is 0 Å². The number of amidine groups is 1. The minimum absolute atomic E-state index is 0.735. The van der Waals surface area contributed by atoms with Crippen LogP contribution < -0.4 is 0 Å². The lowest BCUT2D eigenvalue weighted by atomic mass is 10.1. The highest BCUT2D eigenvalue weighted by molar-refractivity contribution is 7.80. The van der Waals surface area contributed by atoms with Crippen molar-refractivity contribution in [1.82, 2.24) is 0 Å². The van der Waals surface area contributed by atoms with E-state index in [9.17, 15) is 0 Å². The Bertz CT molecular complexity index is 416. The molecule has 0 unspecified atom stereocenters. The quantitative estimate of drug-likeness (QED) is 0.468. The number of hydrogen-bond acceptors (Lipinski definition) is 2. The first-order valence-electron chi connectivity index (χ1n) is 5.09. The first-order chi connectivity index (χ1) is 7.61. The third-order valence-electron chi connectivity index (χ3n) is 2.03. The molecule has 0 amide bonds. The molecule has 0 aliphatic rings. The summed E-state index contributed by atoms with van der Waals surface area (Å²) in [5.74, 6) is 0.735. The van der Waals surface area contributed by atoms with Gasteiger partial charge in [-0.1, -0.05) is 18.7 Å². The first kappa shape index (κ1) is 12.7. The predicted molar refractivity (Wildman–Crippen MR) is 73.8 cm³/mol. The number of thiol groups is 1. The summed E-state index contributed by atoms with van der Waals surface area (Å²) in [6.45, 7) is 7.40. The molecule has 1 rings (SSSR count). The first-order valence-corrected chi connectivity index (χ1v) is 5.54. The maximum atomic E-state index is 4.36. The Balaban J connectivity index is 2.70. The molecule has 1 aromatic rings. The van der Waals surface area contributed by atoms with E-state index >= 15 is 0 Å². The van der Waals surface area contributed by atoms with E-state index in [0.29, 0.717) is 0 Å². The van der Waals surface area contributed by atoms with Crippen molar-refractivity contribution in [2.75, 3.05) is 0 Å². The highest BCUT2D eigenvalue weighted by Gasteiger charge is 1.96. The van der Waals surface area contributed by atoms with Crippen LogP contribution in [0.1, 0.15) is 19.4 Å². The van der Waals surface area contributed by atoms with Crippen molar-refractivity contribution in [3.05, 3.63) is 42.6 Å². The van der Waals surface area contributed by atoms with Gasteiger partial charge in [-0.25, -0.2) is 9.98 Å². The minimum atomic E-state index is 0.735. The lowest BCUT2D eigenvalue weighted by Gasteiger charge is -2.01. The zero-order chi connectivity index (χ0) is 12.0. The molecule has 0 heterocycles. The number of hydrogen-bond donors (Lipinski definition) is 1. The van der Waals surface area contributed by atoms with E-state index in [4.69, 9.17) is 0 Å². The average molecular weight is 232 g/mol. The van der Waals surface area contributed by atoms with Crippen molar-refractivity contribution >= 4 is 24.2 Å². The fourth-order valence-corrected chi connectivity index (χ4v) is 1.54. The normalized spacial score (nSPS) is 12.7. The van der Waals surface area contributed by atoms with Crippen LogP contribution in [0.15, 0.2) is 51.9 Å². The van der Waals surface area contributed by atoms with Crippen LogP contribution in [-0.4, -0.2) is 11.5 Å². The third-order valence-corrected chi connectivity index (χ3v) is 2.33. The number of rotatable bonds is 3. The lowest BCUT2D eigenvalue weighted by Crippen LogP contribution is -2.00. The highest BCUT2D eigenvalue weighted by Crippen LogP contribution is 2.08. The predicted octanol–water partition coefficient (Wildman–Crippen LogP) is 3.54. The van der Waals surface area contributed by atoms with Crippen LogP contribution in [-0.2, 0) is 6.42 Å². The second-order valence-corrected chi connectivity index (χ2v) is 4.07. The van der Waals surface area contributed by atoms with Gasteiger partial charge in [0, 0.05) is 23.2 Å². The molecular formula is C13H16N2S. The Morgan fingerprint density at radius 2 is 1.94 bits per heavy atom. The monoisotopic (exact) mass is 232 g/mol. The maximum absolute atomic E-state index is 4.36. The number of nitrogens with zero attached hydrogens (tertiary/aromatic N) is 2. The van der Waals surface area contributed by atoms with Crippen molar-refractivity contribution in [1.29, 1.82) is 0 Å². The van der Waals surface area contributed by atoms with E-state index in [1.807, 2.05) is 26.0 Å². The highest BCUT2D eigenvalue weighted by atomic mass is 32.1. The molecule has 0 aliphatic carbocycles. The maximum Gasteiger partial charge on any atom is 0.125 e. The van der Waals surface area contributed by atoms with Gasteiger partial charge < -0.3 is 0 Å². The number of benzene rings is 1. The van der Waals surface area contributed by atoms with Crippen LogP contribution in [0.5, 0.6) is 0 Å². The van der Waals surface area contributed by atoms with Crippen LogP contribution in [0.4, 0.5) is 0 Å². The zero-order valence-electron chi connectivity index (χ0n) is 9.64. The summed E-state index contributed by atoms with van der Waals surface area (Å²) >= 11 is 4.25. The van der Waals surface area contributed by atoms with E-state index in [0.717, 1.165) is 22.9 Å². The summed E-state index contributed by atoms with van der Waals surface area (Å²) in [5, 5.41) is 0. The second kappa shape index (κ2) is 6.28. The molecule has 0 saturated carbocycles. The molecule has 0 aliphatic heterocycles. The molecule has 84 valence electrons. The van der Waals surface area contributed by atoms with Crippen LogP contribution in [0.25, 0.3) is 0 Å². The van der Waals surface area contributed by atoms with Crippen molar-refractivity contribution in [2.24, 2.45) is 9.98 Å². The SMILES string of the molecule is C=CN=C(C)N=C(C)Cc1ccc(S)cc1. The van der Waals surface area contributed by atoms with Gasteiger partial charge in [0.15, 0.2) is 0 Å². The standard InChI is InChI=1S/C13H16N2S/c1-4-14-11(3)15-10(2)9-12-5-7-13(16)8-6-12/h4-8,16H,1,9H2,2-3H3. The lowest BCUT2D eigenvalue weighted by molar-refractivity contribution is 1.27. The van der Waals surface area contributed by atoms with Gasteiger partial charge >= 0.3 is 0 Å². The Labute approximate surface area is 102 Å². The molecule has 2 nitrogen and oxygen atoms in total. The smallest absolute Gasteiger partial charge is 0.125 e. The van der Waals surface area contributed by atoms with Gasteiger partial charge in [-0.15, -0.1) is 12.6 Å². The van der Waals surface area contributed by atoms with Gasteiger partial charge in [0.1, 0.15) is 5.84 Å². The van der Waals surface area contributed by atoms with Gasteiger partial charge in [0.2, 0.25) is 0 Å². The molecule has 0 spiro atoms. The summed E-state index contributed by atoms with van der Waals surface area (Å²) in [7, 11) is 0. The van der Waals surface area contributed by atoms with Crippen molar-refractivity contribution in [3.8, 4) is 0 Å². The Kier molecular flexibility index (Phi) is 4.99. The van der Waals surface area contributed by atoms with E-state index in [-0.39, 0.29) is 0 Å². The van der Waals surface area contributed by atoms with E-state index < -0.39 is 0 Å². The molecule has 0 saturated heterocycles. The molecule has 16 heavy (non-hydrogen) atoms. The van der Waals surface area contributed by atoms with Crippen molar-refractivity contribution in [3.63, 3.8) is 0 Å². The van der Waals surface area contributed by atoms with Crippen LogP contribution in [0, 0.1) is 0 Å². The summed E-state index contributed by atoms with van der Waals surface area (Å²) in [5.41, 5.74) is 2.26. The molecule has 0 radical (unpaired) electrons. The molecule has 0 fully saturated rings. The van der Waals surface area contributed by atoms with Gasteiger partial charge in [-0.05, 0) is 31.5 Å². The molecule has 0 bridgehead atoms. The number of aliphatic imine (C=N–C) groups is 2. The van der Waals surface area contributed by atoms with Gasteiger partial charge in [0.25, 0.3) is 0 Å². The van der Waals surface area contributed by atoms with E-state index in [2.05, 4.69) is 41.3 Å². The fraction of sp³-hybridized carbons (Fsp3) is 0.231. The van der Waals surface area contributed by atoms with Gasteiger partial charge in [-0.3, -0.25) is 0 Å². The Morgan fingerprint density at radius 3 is 2.50 bits per heavy atom. The van der Waals surface area contributed by atoms with E-state index in [1.165, 1.54) is 11.8 Å². The molecule has 1 aromatic carbocycles. The Hall–Kier alpha value is -1.35. The largest absolute Gasteiger partial charge is 0.243 e. The molecule has 3 heteroatoms. The van der Waals surface area contributed by atoms with Crippen molar-refractivity contribution in [2.45, 2.75) is 25.2 Å². The van der Waals surface area contributed by atoms with Crippen molar-refractivity contribution < 1.29 is 0 Å². The summed E-state index contributed by atoms with van der Waals surface area (Å²) in [4.78, 5) is 9.34. The average Bonchev–Trinajstić information content (AvgIpc) is 2.21.